The Morgan fingerprint density at radius 2 is 1.19 bits per heavy atom. The lowest BCUT2D eigenvalue weighted by molar-refractivity contribution is -0.696. The molecule has 18 heteroatoms. The highest BCUT2D eigenvalue weighted by Crippen LogP contribution is 2.36. The molecule has 0 radical (unpaired) electrons. The van der Waals surface area contributed by atoms with Gasteiger partial charge in [-0.05, 0) is 79.4 Å². The van der Waals surface area contributed by atoms with E-state index in [1.165, 1.54) is 42.7 Å². The van der Waals surface area contributed by atoms with Gasteiger partial charge < -0.3 is 4.98 Å². The first-order valence-electron chi connectivity index (χ1n) is 20.6. The molecule has 330 valence electrons. The van der Waals surface area contributed by atoms with Crippen molar-refractivity contribution in [2.75, 3.05) is 43.4 Å². The van der Waals surface area contributed by atoms with Crippen molar-refractivity contribution >= 4 is 68.5 Å². The molecule has 3 aromatic heterocycles. The van der Waals surface area contributed by atoms with Crippen molar-refractivity contribution in [1.82, 2.24) is 14.8 Å². The fourth-order valence-corrected chi connectivity index (χ4v) is 11.3. The number of H-pyrrole nitrogens is 1. The number of nitrogens with one attached hydrogen (secondary N) is 1. The molecule has 0 atom stereocenters. The maximum Gasteiger partial charge on any atom is 0.265 e. The van der Waals surface area contributed by atoms with Gasteiger partial charge in [-0.1, -0.05) is 60.7 Å². The molecule has 2 aliphatic heterocycles. The minimum absolute atomic E-state index is 0.00951. The van der Waals surface area contributed by atoms with Crippen LogP contribution in [0.5, 0.6) is 0 Å². The van der Waals surface area contributed by atoms with Gasteiger partial charge in [0, 0.05) is 76.0 Å². The summed E-state index contributed by atoms with van der Waals surface area (Å²) in [6.07, 6.45) is 7.68. The molecule has 0 spiro atoms. The van der Waals surface area contributed by atoms with Crippen molar-refractivity contribution in [2.45, 2.75) is 58.2 Å². The van der Waals surface area contributed by atoms with Crippen molar-refractivity contribution in [3.63, 3.8) is 0 Å². The van der Waals surface area contributed by atoms with E-state index in [1.807, 2.05) is 47.9 Å². The second-order valence-corrected chi connectivity index (χ2v) is 21.7. The van der Waals surface area contributed by atoms with Crippen LogP contribution in [0.3, 0.4) is 0 Å². The Morgan fingerprint density at radius 3 is 1.94 bits per heavy atom. The lowest BCUT2D eigenvalue weighted by Gasteiger charge is -2.26. The van der Waals surface area contributed by atoms with Crippen LogP contribution in [-0.2, 0) is 62.8 Å². The SMILES string of the molecule is O=C1c2ccccc2-c2cc[n+](CCCS(=O)(=O)O)cc21.O=S(=O)(O)CCCCN1CCc2c([nH]c3ccccc23)C1.O=S(=O)(O)CCCN1CCc2c(sc3ccccc23)C1. The number of carbonyl (C=O) groups is 1. The standard InChI is InChI=1S/C15H20N2O3S.C15H13NO4S.C14H17NO3S2/c18-21(19,20)10-4-3-8-17-9-7-13-12-5-1-2-6-14(12)16-15(13)11-17;17-15-13-5-2-1-4-11(13)12-6-8-16(10-14(12)15)7-3-9-21(18,19)20;16-20(17,18)9-3-7-15-8-6-12-11-4-1-2-5-13(11)19-14(12)10-15/h1-2,5-6,16H,3-4,7-11H2,(H,18,19,20);1-2,4-6,8,10H,3,7,9H2;1-2,4-5H,3,6-10H2,(H,16,17,18)/p+1. The number of ketones is 1. The predicted molar refractivity (Wildman–Crippen MR) is 241 cm³/mol. The topological polar surface area (TPSA) is 206 Å². The number of aromatic amines is 1. The Labute approximate surface area is 366 Å². The number of hydrogen-bond donors (Lipinski definition) is 4. The third-order valence-corrected chi connectivity index (χ3v) is 14.9. The number of unbranched alkanes of at least 4 members (excludes halogenated alkanes) is 1. The summed E-state index contributed by atoms with van der Waals surface area (Å²) in [5, 5.41) is 2.68. The molecule has 3 aliphatic rings. The number of pyridine rings is 1. The van der Waals surface area contributed by atoms with E-state index in [0.717, 1.165) is 63.1 Å². The molecule has 4 N–H and O–H groups in total. The number of thiophene rings is 1. The normalized spacial score (nSPS) is 15.2. The minimum atomic E-state index is -3.94. The van der Waals surface area contributed by atoms with E-state index in [9.17, 15) is 30.0 Å². The first-order valence-corrected chi connectivity index (χ1v) is 26.2. The highest BCUT2D eigenvalue weighted by Gasteiger charge is 2.29. The van der Waals surface area contributed by atoms with Gasteiger partial charge in [0.2, 0.25) is 0 Å². The van der Waals surface area contributed by atoms with Crippen LogP contribution in [0.1, 0.15) is 63.3 Å². The highest BCUT2D eigenvalue weighted by molar-refractivity contribution is 7.86. The largest absolute Gasteiger partial charge is 0.357 e. The highest BCUT2D eigenvalue weighted by atomic mass is 32.2. The minimum Gasteiger partial charge on any atom is -0.357 e. The number of carbonyl (C=O) groups excluding carboxylic acids is 1. The van der Waals surface area contributed by atoms with Crippen LogP contribution in [0.4, 0.5) is 0 Å². The second kappa shape index (κ2) is 19.6. The molecule has 1 aliphatic carbocycles. The Morgan fingerprint density at radius 1 is 0.613 bits per heavy atom. The smallest absolute Gasteiger partial charge is 0.265 e. The van der Waals surface area contributed by atoms with Crippen molar-refractivity contribution in [3.8, 4) is 11.1 Å². The van der Waals surface area contributed by atoms with Gasteiger partial charge >= 0.3 is 0 Å². The van der Waals surface area contributed by atoms with Gasteiger partial charge in [-0.2, -0.15) is 25.3 Å². The number of para-hydroxylation sites is 1. The summed E-state index contributed by atoms with van der Waals surface area (Å²) in [7, 11) is -11.6. The molecule has 0 fully saturated rings. The van der Waals surface area contributed by atoms with Gasteiger partial charge in [0.25, 0.3) is 30.4 Å². The molecule has 0 unspecified atom stereocenters. The number of hydrogen-bond acceptors (Lipinski definition) is 10. The number of aromatic nitrogens is 2. The second-order valence-electron chi connectivity index (χ2n) is 15.8. The van der Waals surface area contributed by atoms with Crippen LogP contribution in [0.25, 0.3) is 32.1 Å². The van der Waals surface area contributed by atoms with Gasteiger partial charge in [-0.15, -0.1) is 11.3 Å². The summed E-state index contributed by atoms with van der Waals surface area (Å²) in [6.45, 7) is 5.74. The van der Waals surface area contributed by atoms with E-state index >= 15 is 0 Å². The first-order chi connectivity index (χ1) is 29.5. The van der Waals surface area contributed by atoms with E-state index in [4.69, 9.17) is 13.7 Å². The van der Waals surface area contributed by atoms with Crippen LogP contribution >= 0.6 is 11.3 Å². The van der Waals surface area contributed by atoms with E-state index in [2.05, 4.69) is 57.2 Å². The lowest BCUT2D eigenvalue weighted by Crippen LogP contribution is -2.34. The maximum absolute atomic E-state index is 12.3. The molecule has 14 nitrogen and oxygen atoms in total. The van der Waals surface area contributed by atoms with E-state index in [-0.39, 0.29) is 23.0 Å². The molecule has 62 heavy (non-hydrogen) atoms. The Balaban J connectivity index is 0.000000140. The van der Waals surface area contributed by atoms with Crippen molar-refractivity contribution in [1.29, 1.82) is 0 Å². The first kappa shape index (κ1) is 45.6. The van der Waals surface area contributed by atoms with Gasteiger partial charge in [0.15, 0.2) is 18.2 Å². The number of aryl methyl sites for hydroxylation is 1. The zero-order valence-electron chi connectivity index (χ0n) is 34.1. The number of fused-ring (bicyclic) bond motifs is 9. The van der Waals surface area contributed by atoms with E-state index < -0.39 is 30.4 Å². The Bertz CT molecular complexity index is 2910. The number of nitrogens with zero attached hydrogens (tertiary/aromatic N) is 3. The predicted octanol–water partition coefficient (Wildman–Crippen LogP) is 6.19. The van der Waals surface area contributed by atoms with E-state index in [0.29, 0.717) is 43.5 Å². The van der Waals surface area contributed by atoms with Crippen LogP contribution < -0.4 is 4.57 Å². The molecule has 0 bridgehead atoms. The molecule has 0 saturated carbocycles. The number of rotatable bonds is 13. The summed E-state index contributed by atoms with van der Waals surface area (Å²) < 4.78 is 93.5. The summed E-state index contributed by atoms with van der Waals surface area (Å²) in [5.74, 6) is -0.586. The third-order valence-electron chi connectivity index (χ3n) is 11.3. The zero-order valence-corrected chi connectivity index (χ0v) is 37.4. The van der Waals surface area contributed by atoms with Gasteiger partial charge in [0.1, 0.15) is 6.54 Å². The average molecular weight is 924 g/mol. The molecular weight excluding hydrogens is 873 g/mol. The average Bonchev–Trinajstić information content (AvgIpc) is 3.87. The fourth-order valence-electron chi connectivity index (χ4n) is 8.41. The fraction of sp³-hybridized carbons (Fsp3) is 0.364. The monoisotopic (exact) mass is 923 g/mol. The van der Waals surface area contributed by atoms with Crippen LogP contribution in [-0.4, -0.2) is 103 Å². The quantitative estimate of drug-likeness (QED) is 0.0580. The van der Waals surface area contributed by atoms with Crippen LogP contribution in [0.15, 0.2) is 91.3 Å². The maximum atomic E-state index is 12.3. The van der Waals surface area contributed by atoms with Gasteiger partial charge in [0.05, 0.1) is 22.8 Å². The summed E-state index contributed by atoms with van der Waals surface area (Å²) in [6, 6.07) is 26.2. The van der Waals surface area contributed by atoms with Crippen LogP contribution in [0, 0.1) is 0 Å². The molecule has 0 saturated heterocycles. The van der Waals surface area contributed by atoms with Crippen molar-refractivity contribution in [3.05, 3.63) is 124 Å². The van der Waals surface area contributed by atoms with Gasteiger partial charge in [-0.25, -0.2) is 4.57 Å². The molecule has 6 aromatic rings. The summed E-state index contributed by atoms with van der Waals surface area (Å²) in [4.78, 5) is 21.8. The third kappa shape index (κ3) is 12.0. The molecule has 5 heterocycles. The molecule has 0 amide bonds. The van der Waals surface area contributed by atoms with Crippen molar-refractivity contribution < 1.29 is 48.3 Å². The summed E-state index contributed by atoms with van der Waals surface area (Å²) >= 11 is 1.83. The summed E-state index contributed by atoms with van der Waals surface area (Å²) in [5.41, 5.74) is 8.50. The van der Waals surface area contributed by atoms with Crippen molar-refractivity contribution in [2.24, 2.45) is 0 Å². The van der Waals surface area contributed by atoms with Crippen LogP contribution in [0.2, 0.25) is 0 Å². The molecular formula is C44H51N4O10S4+. The lowest BCUT2D eigenvalue weighted by atomic mass is 10.0. The number of benzene rings is 3. The van der Waals surface area contributed by atoms with E-state index in [1.54, 1.807) is 16.8 Å². The molecule has 9 rings (SSSR count). The Kier molecular flexibility index (Phi) is 14.4. The Hall–Kier alpha value is -4.37. The molecule has 3 aromatic carbocycles. The van der Waals surface area contributed by atoms with Gasteiger partial charge in [-0.3, -0.25) is 28.3 Å². The zero-order chi connectivity index (χ0) is 44.1.